The Morgan fingerprint density at radius 2 is 1.55 bits per heavy atom. The quantitative estimate of drug-likeness (QED) is 0.612. The lowest BCUT2D eigenvalue weighted by Gasteiger charge is -2.19. The van der Waals surface area contributed by atoms with Crippen molar-refractivity contribution in [3.63, 3.8) is 0 Å². The van der Waals surface area contributed by atoms with Crippen molar-refractivity contribution in [1.82, 2.24) is 0 Å². The second kappa shape index (κ2) is 6.74. The smallest absolute Gasteiger partial charge is 0.502 e. The molecular formula is C13H18O7. The Kier molecular flexibility index (Phi) is 5.31. The predicted molar refractivity (Wildman–Crippen MR) is 70.4 cm³/mol. The molecule has 0 amide bonds. The van der Waals surface area contributed by atoms with Crippen LogP contribution in [0.2, 0.25) is 0 Å². The van der Waals surface area contributed by atoms with Gasteiger partial charge in [0, 0.05) is 5.56 Å². The maximum absolute atomic E-state index is 10.8. The Hall–Kier alpha value is -2.31. The number of ether oxygens (including phenoxy) is 4. The third kappa shape index (κ3) is 2.81. The van der Waals surface area contributed by atoms with Crippen molar-refractivity contribution in [3.05, 3.63) is 5.56 Å². The van der Waals surface area contributed by atoms with Crippen molar-refractivity contribution in [2.75, 3.05) is 21.3 Å². The summed E-state index contributed by atoms with van der Waals surface area (Å²) < 4.78 is 20.1. The molecule has 7 heteroatoms. The van der Waals surface area contributed by atoms with E-state index in [0.717, 1.165) is 0 Å². The van der Waals surface area contributed by atoms with Gasteiger partial charge in [-0.3, -0.25) is 0 Å². The molecule has 0 aromatic heterocycles. The van der Waals surface area contributed by atoms with Crippen LogP contribution in [0.4, 0.5) is 4.79 Å². The third-order valence-corrected chi connectivity index (χ3v) is 2.69. The molecule has 0 aliphatic rings. The summed E-state index contributed by atoms with van der Waals surface area (Å²) in [5, 5.41) is 18.9. The van der Waals surface area contributed by atoms with Gasteiger partial charge in [-0.25, -0.2) is 4.79 Å². The van der Waals surface area contributed by atoms with Gasteiger partial charge in [-0.1, -0.05) is 13.3 Å². The number of phenolic OH excluding ortho intramolecular Hbond substituents is 1. The molecule has 0 bridgehead atoms. The molecule has 20 heavy (non-hydrogen) atoms. The van der Waals surface area contributed by atoms with Crippen molar-refractivity contribution >= 4 is 6.16 Å². The minimum absolute atomic E-state index is 0.0412. The summed E-state index contributed by atoms with van der Waals surface area (Å²) in [4.78, 5) is 10.8. The fourth-order valence-electron chi connectivity index (χ4n) is 1.96. The minimum Gasteiger partial charge on any atom is -0.502 e. The maximum Gasteiger partial charge on any atom is 0.511 e. The highest BCUT2D eigenvalue weighted by molar-refractivity contribution is 5.73. The lowest BCUT2D eigenvalue weighted by atomic mass is 10.1. The van der Waals surface area contributed by atoms with Crippen LogP contribution < -0.4 is 18.9 Å². The Bertz CT molecular complexity index is 496. The van der Waals surface area contributed by atoms with Crippen molar-refractivity contribution in [2.24, 2.45) is 0 Å². The van der Waals surface area contributed by atoms with E-state index in [0.29, 0.717) is 18.4 Å². The molecule has 0 aliphatic carbocycles. The number of aromatic hydroxyl groups is 1. The zero-order valence-corrected chi connectivity index (χ0v) is 11.8. The first kappa shape index (κ1) is 15.7. The number of carboxylic acid groups (broad SMARTS) is 1. The highest BCUT2D eigenvalue weighted by atomic mass is 16.7. The van der Waals surface area contributed by atoms with Crippen molar-refractivity contribution < 1.29 is 34.0 Å². The zero-order chi connectivity index (χ0) is 15.3. The predicted octanol–water partition coefficient (Wildman–Crippen LogP) is 2.43. The number of rotatable bonds is 6. The van der Waals surface area contributed by atoms with E-state index in [1.165, 1.54) is 21.3 Å². The molecule has 7 nitrogen and oxygen atoms in total. The van der Waals surface area contributed by atoms with Gasteiger partial charge in [0.15, 0.2) is 11.5 Å². The van der Waals surface area contributed by atoms with E-state index in [4.69, 9.17) is 19.3 Å². The molecular weight excluding hydrogens is 268 g/mol. The first-order chi connectivity index (χ1) is 9.51. The summed E-state index contributed by atoms with van der Waals surface area (Å²) in [7, 11) is 4.13. The van der Waals surface area contributed by atoms with Crippen LogP contribution >= 0.6 is 0 Å². The Morgan fingerprint density at radius 1 is 1.00 bits per heavy atom. The molecule has 1 rings (SSSR count). The normalized spacial score (nSPS) is 10.0. The van der Waals surface area contributed by atoms with Gasteiger partial charge in [-0.2, -0.15) is 0 Å². The molecule has 0 radical (unpaired) electrons. The fourth-order valence-corrected chi connectivity index (χ4v) is 1.96. The van der Waals surface area contributed by atoms with E-state index >= 15 is 0 Å². The topological polar surface area (TPSA) is 94.5 Å². The number of phenols is 1. The minimum atomic E-state index is -1.54. The molecule has 0 saturated heterocycles. The van der Waals surface area contributed by atoms with Gasteiger partial charge in [0.1, 0.15) is 0 Å². The number of hydrogen-bond donors (Lipinski definition) is 2. The Morgan fingerprint density at radius 3 is 1.95 bits per heavy atom. The number of methoxy groups -OCH3 is 3. The Balaban J connectivity index is 3.65. The average Bonchev–Trinajstić information content (AvgIpc) is 2.42. The van der Waals surface area contributed by atoms with Crippen LogP contribution in [-0.4, -0.2) is 37.7 Å². The molecule has 0 fully saturated rings. The van der Waals surface area contributed by atoms with Gasteiger partial charge in [0.05, 0.1) is 21.3 Å². The molecule has 0 unspecified atom stereocenters. The van der Waals surface area contributed by atoms with Crippen molar-refractivity contribution in [3.8, 4) is 28.7 Å². The number of carbonyl (C=O) groups is 1. The molecule has 0 atom stereocenters. The van der Waals surface area contributed by atoms with Crippen LogP contribution in [0.1, 0.15) is 18.9 Å². The second-order valence-corrected chi connectivity index (χ2v) is 3.87. The van der Waals surface area contributed by atoms with Crippen LogP contribution in [0.15, 0.2) is 0 Å². The fraction of sp³-hybridized carbons (Fsp3) is 0.462. The zero-order valence-electron chi connectivity index (χ0n) is 11.8. The highest BCUT2D eigenvalue weighted by Crippen LogP contribution is 2.53. The Labute approximate surface area is 116 Å². The monoisotopic (exact) mass is 286 g/mol. The number of hydrogen-bond acceptors (Lipinski definition) is 6. The largest absolute Gasteiger partial charge is 0.511 e. The van der Waals surface area contributed by atoms with Crippen LogP contribution in [-0.2, 0) is 6.42 Å². The van der Waals surface area contributed by atoms with E-state index < -0.39 is 11.9 Å². The van der Waals surface area contributed by atoms with E-state index in [1.54, 1.807) is 0 Å². The van der Waals surface area contributed by atoms with Crippen molar-refractivity contribution in [2.45, 2.75) is 19.8 Å². The van der Waals surface area contributed by atoms with E-state index in [1.807, 2.05) is 6.92 Å². The standard InChI is InChI=1S/C13H18O7/c1-5-6-7-9(20-13(15)16)8(14)11(18-3)12(19-4)10(7)17-2/h14H,5-6H2,1-4H3,(H,15,16). The summed E-state index contributed by atoms with van der Waals surface area (Å²) in [6.07, 6.45) is -0.395. The first-order valence-electron chi connectivity index (χ1n) is 5.96. The van der Waals surface area contributed by atoms with E-state index in [2.05, 4.69) is 4.74 Å². The molecule has 1 aromatic carbocycles. The first-order valence-corrected chi connectivity index (χ1v) is 5.96. The van der Waals surface area contributed by atoms with Crippen LogP contribution in [0.25, 0.3) is 0 Å². The molecule has 0 saturated carbocycles. The molecule has 0 aliphatic heterocycles. The summed E-state index contributed by atoms with van der Waals surface area (Å²) in [6.45, 7) is 1.90. The summed E-state index contributed by atoms with van der Waals surface area (Å²) >= 11 is 0. The molecule has 112 valence electrons. The lowest BCUT2D eigenvalue weighted by molar-refractivity contribution is 0.141. The van der Waals surface area contributed by atoms with E-state index in [9.17, 15) is 9.90 Å². The van der Waals surface area contributed by atoms with Gasteiger partial charge < -0.3 is 29.2 Å². The second-order valence-electron chi connectivity index (χ2n) is 3.87. The summed E-state index contributed by atoms with van der Waals surface area (Å²) in [5.41, 5.74) is 0.410. The molecule has 0 spiro atoms. The van der Waals surface area contributed by atoms with Crippen LogP contribution in [0.5, 0.6) is 28.7 Å². The van der Waals surface area contributed by atoms with Crippen LogP contribution in [0, 0.1) is 0 Å². The summed E-state index contributed by atoms with van der Waals surface area (Å²) in [5.74, 6) is -0.209. The average molecular weight is 286 g/mol. The SMILES string of the molecule is CCCc1c(OC(=O)O)c(O)c(OC)c(OC)c1OC. The third-order valence-electron chi connectivity index (χ3n) is 2.69. The molecule has 1 aromatic rings. The molecule has 0 heterocycles. The highest BCUT2D eigenvalue weighted by Gasteiger charge is 2.28. The van der Waals surface area contributed by atoms with Gasteiger partial charge in [-0.15, -0.1) is 0 Å². The maximum atomic E-state index is 10.8. The van der Waals surface area contributed by atoms with E-state index in [-0.39, 0.29) is 23.0 Å². The van der Waals surface area contributed by atoms with Gasteiger partial charge >= 0.3 is 6.16 Å². The lowest BCUT2D eigenvalue weighted by Crippen LogP contribution is -2.08. The molecule has 2 N–H and O–H groups in total. The van der Waals surface area contributed by atoms with Gasteiger partial charge in [-0.05, 0) is 6.42 Å². The van der Waals surface area contributed by atoms with Gasteiger partial charge in [0.2, 0.25) is 17.2 Å². The van der Waals surface area contributed by atoms with Crippen LogP contribution in [0.3, 0.4) is 0 Å². The summed E-state index contributed by atoms with van der Waals surface area (Å²) in [6, 6.07) is 0. The van der Waals surface area contributed by atoms with Gasteiger partial charge in [0.25, 0.3) is 0 Å². The van der Waals surface area contributed by atoms with Crippen molar-refractivity contribution in [1.29, 1.82) is 0 Å². The number of benzene rings is 1.